The van der Waals surface area contributed by atoms with Crippen LogP contribution in [0.1, 0.15) is 33.3 Å². The Balaban J connectivity index is 1.65. The van der Waals surface area contributed by atoms with Crippen LogP contribution < -0.4 is 10.1 Å². The van der Waals surface area contributed by atoms with Crippen LogP contribution in [0, 0.1) is 6.92 Å². The van der Waals surface area contributed by atoms with E-state index in [1.54, 1.807) is 20.1 Å². The van der Waals surface area contributed by atoms with E-state index >= 15 is 0 Å². The van der Waals surface area contributed by atoms with Crippen LogP contribution in [-0.2, 0) is 0 Å². The van der Waals surface area contributed by atoms with Crippen LogP contribution in [0.15, 0.2) is 65.3 Å². The number of methoxy groups -OCH3 is 1. The molecule has 0 saturated carbocycles. The van der Waals surface area contributed by atoms with Gasteiger partial charge in [-0.1, -0.05) is 35.5 Å². The molecule has 28 heavy (non-hydrogen) atoms. The zero-order valence-corrected chi connectivity index (χ0v) is 15.7. The van der Waals surface area contributed by atoms with Crippen LogP contribution in [0.25, 0.3) is 10.9 Å². The predicted molar refractivity (Wildman–Crippen MR) is 107 cm³/mol. The Morgan fingerprint density at radius 1 is 1.21 bits per heavy atom. The Bertz CT molecular complexity index is 1100. The summed E-state index contributed by atoms with van der Waals surface area (Å²) in [4.78, 5) is 15.8. The number of benzene rings is 2. The quantitative estimate of drug-likeness (QED) is 0.533. The normalized spacial score (nSPS) is 12.1. The van der Waals surface area contributed by atoms with Crippen molar-refractivity contribution in [2.24, 2.45) is 0 Å². The number of nitrogens with zero attached hydrogens (tertiary/aromatic N) is 1. The third-order valence-electron chi connectivity index (χ3n) is 4.83. The molecule has 1 atom stereocenters. The fourth-order valence-electron chi connectivity index (χ4n) is 3.38. The molecule has 0 saturated heterocycles. The average molecular weight is 375 g/mol. The van der Waals surface area contributed by atoms with Crippen molar-refractivity contribution in [3.05, 3.63) is 83.4 Å². The summed E-state index contributed by atoms with van der Waals surface area (Å²) in [5.74, 6) is 0.696. The van der Waals surface area contributed by atoms with Crippen molar-refractivity contribution in [2.45, 2.75) is 12.8 Å². The number of nitrogens with one attached hydrogen (secondary N) is 2. The number of fused-ring (bicyclic) bond motifs is 1. The number of rotatable bonds is 6. The van der Waals surface area contributed by atoms with E-state index in [0.29, 0.717) is 12.2 Å². The number of aromatic nitrogens is 2. The highest BCUT2D eigenvalue weighted by Gasteiger charge is 2.20. The zero-order valence-electron chi connectivity index (χ0n) is 15.7. The lowest BCUT2D eigenvalue weighted by atomic mass is 9.90. The summed E-state index contributed by atoms with van der Waals surface area (Å²) in [5.41, 5.74) is 3.94. The molecule has 6 nitrogen and oxygen atoms in total. The minimum absolute atomic E-state index is 0.0324. The van der Waals surface area contributed by atoms with Gasteiger partial charge < -0.3 is 19.6 Å². The van der Waals surface area contributed by atoms with Gasteiger partial charge in [-0.25, -0.2) is 0 Å². The van der Waals surface area contributed by atoms with E-state index < -0.39 is 0 Å². The average Bonchev–Trinajstić information content (AvgIpc) is 3.35. The van der Waals surface area contributed by atoms with E-state index in [-0.39, 0.29) is 17.6 Å². The lowest BCUT2D eigenvalue weighted by Gasteiger charge is -2.18. The molecule has 4 aromatic rings. The van der Waals surface area contributed by atoms with E-state index in [1.807, 2.05) is 48.7 Å². The summed E-state index contributed by atoms with van der Waals surface area (Å²) in [6.07, 6.45) is 2.00. The van der Waals surface area contributed by atoms with Crippen LogP contribution >= 0.6 is 0 Å². The molecule has 4 rings (SSSR count). The molecule has 0 spiro atoms. The van der Waals surface area contributed by atoms with Gasteiger partial charge in [0.1, 0.15) is 5.75 Å². The van der Waals surface area contributed by atoms with Crippen molar-refractivity contribution in [2.75, 3.05) is 13.7 Å². The molecular weight excluding hydrogens is 354 g/mol. The van der Waals surface area contributed by atoms with Crippen LogP contribution in [0.4, 0.5) is 0 Å². The number of aryl methyl sites for hydroxylation is 1. The first-order chi connectivity index (χ1) is 13.7. The number of amides is 1. The molecule has 142 valence electrons. The Labute approximate surface area is 162 Å². The summed E-state index contributed by atoms with van der Waals surface area (Å²) in [7, 11) is 1.64. The van der Waals surface area contributed by atoms with Gasteiger partial charge in [0.15, 0.2) is 0 Å². The first kappa shape index (κ1) is 17.9. The van der Waals surface area contributed by atoms with Crippen molar-refractivity contribution in [3.8, 4) is 5.75 Å². The Morgan fingerprint density at radius 2 is 2.00 bits per heavy atom. The fourth-order valence-corrected chi connectivity index (χ4v) is 3.38. The number of H-pyrrole nitrogens is 1. The second kappa shape index (κ2) is 7.60. The summed E-state index contributed by atoms with van der Waals surface area (Å²) in [6, 6.07) is 17.7. The Kier molecular flexibility index (Phi) is 4.85. The molecule has 0 aliphatic rings. The van der Waals surface area contributed by atoms with Crippen molar-refractivity contribution in [1.29, 1.82) is 0 Å². The van der Waals surface area contributed by atoms with Gasteiger partial charge in [0.25, 0.3) is 5.91 Å². The van der Waals surface area contributed by atoms with E-state index in [2.05, 4.69) is 21.5 Å². The second-order valence-electron chi connectivity index (χ2n) is 6.66. The summed E-state index contributed by atoms with van der Waals surface area (Å²) < 4.78 is 10.3. The number of carbonyl (C=O) groups is 1. The van der Waals surface area contributed by atoms with Crippen molar-refractivity contribution in [3.63, 3.8) is 0 Å². The van der Waals surface area contributed by atoms with E-state index in [9.17, 15) is 4.79 Å². The highest BCUT2D eigenvalue weighted by molar-refractivity contribution is 5.91. The SMILES string of the molecule is COc1ccc(C(CNC(=O)c2cc(C)no2)c2c[nH]c3ccccc23)cc1. The third kappa shape index (κ3) is 3.49. The van der Waals surface area contributed by atoms with Crippen molar-refractivity contribution < 1.29 is 14.1 Å². The number of hydrogen-bond acceptors (Lipinski definition) is 4. The van der Waals surface area contributed by atoms with Gasteiger partial charge in [-0.2, -0.15) is 0 Å². The highest BCUT2D eigenvalue weighted by atomic mass is 16.5. The lowest BCUT2D eigenvalue weighted by molar-refractivity contribution is 0.0915. The maximum atomic E-state index is 12.5. The van der Waals surface area contributed by atoms with E-state index in [4.69, 9.17) is 9.26 Å². The Hall–Kier alpha value is -3.54. The first-order valence-corrected chi connectivity index (χ1v) is 9.07. The van der Waals surface area contributed by atoms with Gasteiger partial charge in [-0.3, -0.25) is 4.79 Å². The summed E-state index contributed by atoms with van der Waals surface area (Å²) in [6.45, 7) is 2.21. The maximum absolute atomic E-state index is 12.5. The molecule has 0 aliphatic carbocycles. The molecule has 2 N–H and O–H groups in total. The van der Waals surface area contributed by atoms with Crippen molar-refractivity contribution in [1.82, 2.24) is 15.5 Å². The molecule has 2 aromatic heterocycles. The molecule has 1 unspecified atom stereocenters. The molecule has 2 aromatic carbocycles. The van der Waals surface area contributed by atoms with Crippen LogP contribution in [0.3, 0.4) is 0 Å². The van der Waals surface area contributed by atoms with Crippen LogP contribution in [0.5, 0.6) is 5.75 Å². The van der Waals surface area contributed by atoms with Gasteiger partial charge in [-0.15, -0.1) is 0 Å². The topological polar surface area (TPSA) is 80.2 Å². The summed E-state index contributed by atoms with van der Waals surface area (Å²) >= 11 is 0. The Morgan fingerprint density at radius 3 is 2.71 bits per heavy atom. The van der Waals surface area contributed by atoms with E-state index in [0.717, 1.165) is 27.8 Å². The minimum Gasteiger partial charge on any atom is -0.497 e. The number of hydrogen-bond donors (Lipinski definition) is 2. The standard InChI is InChI=1S/C22H21N3O3/c1-14-11-21(28-25-14)22(26)24-12-18(15-7-9-16(27-2)10-8-15)19-13-23-20-6-4-3-5-17(19)20/h3-11,13,18,23H,12H2,1-2H3,(H,24,26). The molecule has 0 fully saturated rings. The van der Waals surface area contributed by atoms with Gasteiger partial charge >= 0.3 is 0 Å². The maximum Gasteiger partial charge on any atom is 0.289 e. The van der Waals surface area contributed by atoms with Gasteiger partial charge in [0.05, 0.1) is 12.8 Å². The van der Waals surface area contributed by atoms with Gasteiger partial charge in [-0.05, 0) is 36.2 Å². The largest absolute Gasteiger partial charge is 0.497 e. The van der Waals surface area contributed by atoms with Gasteiger partial charge in [0.2, 0.25) is 5.76 Å². The number of carbonyl (C=O) groups excluding carboxylic acids is 1. The highest BCUT2D eigenvalue weighted by Crippen LogP contribution is 2.31. The molecule has 0 radical (unpaired) electrons. The zero-order chi connectivity index (χ0) is 19.5. The molecule has 2 heterocycles. The minimum atomic E-state index is -0.279. The van der Waals surface area contributed by atoms with Crippen LogP contribution in [-0.4, -0.2) is 29.7 Å². The van der Waals surface area contributed by atoms with Crippen LogP contribution in [0.2, 0.25) is 0 Å². The predicted octanol–water partition coefficient (Wildman–Crippen LogP) is 4.03. The third-order valence-corrected chi connectivity index (χ3v) is 4.83. The number of para-hydroxylation sites is 1. The molecule has 0 aliphatic heterocycles. The van der Waals surface area contributed by atoms with Crippen molar-refractivity contribution >= 4 is 16.8 Å². The summed E-state index contributed by atoms with van der Waals surface area (Å²) in [5, 5.41) is 7.89. The molecule has 6 heteroatoms. The lowest BCUT2D eigenvalue weighted by Crippen LogP contribution is -2.28. The molecule has 1 amide bonds. The monoisotopic (exact) mass is 375 g/mol. The number of ether oxygens (including phenoxy) is 1. The molecular formula is C22H21N3O3. The second-order valence-corrected chi connectivity index (χ2v) is 6.66. The molecule has 0 bridgehead atoms. The smallest absolute Gasteiger partial charge is 0.289 e. The fraction of sp³-hybridized carbons (Fsp3) is 0.182. The first-order valence-electron chi connectivity index (χ1n) is 9.07. The van der Waals surface area contributed by atoms with Gasteiger partial charge in [0, 0.05) is 35.6 Å². The van der Waals surface area contributed by atoms with E-state index in [1.165, 1.54) is 0 Å². The number of aromatic amines is 1.